The number of hydrogen-bond acceptors (Lipinski definition) is 3. The molecule has 72 heavy (non-hydrogen) atoms. The lowest BCUT2D eigenvalue weighted by Crippen LogP contribution is -2.61. The summed E-state index contributed by atoms with van der Waals surface area (Å²) in [6, 6.07) is 96.1. The number of hydrogen-bond donors (Lipinski definition) is 0. The molecule has 11 aromatic carbocycles. The standard InChI is InChI=1S/C68H48BN3/c1-5-19-46(20-6-1)48-37-40-63-61(41-48)69-60-39-38-57-45-64(60)72(67-59-35-15-23-49(59)42-65(66(67)69)71(63)54-30-11-4-12-31-54)56-33-18-29-53(44-56)68(50-24-7-2-8-25-50,51-26-9-3-10-27-51)52-28-17-32-55(43-52)70(57)62-36-16-22-47-21-13-14-34-58(47)62/h1-14,16-22,24-34,36-45H,15,23,35H2. The smallest absolute Gasteiger partial charge is 0.252 e. The molecule has 0 spiro atoms. The lowest BCUT2D eigenvalue weighted by molar-refractivity contribution is 0.745. The van der Waals surface area contributed by atoms with Gasteiger partial charge in [-0.05, 0) is 152 Å². The van der Waals surface area contributed by atoms with E-state index in [4.69, 9.17) is 0 Å². The number of nitrogens with zero attached hydrogens (tertiary/aromatic N) is 3. The fraction of sp³-hybridized carbons (Fsp3) is 0.0588. The monoisotopic (exact) mass is 917 g/mol. The Morgan fingerprint density at radius 1 is 0.347 bits per heavy atom. The Morgan fingerprint density at radius 2 is 0.944 bits per heavy atom. The molecule has 11 aromatic rings. The zero-order valence-corrected chi connectivity index (χ0v) is 39.8. The van der Waals surface area contributed by atoms with Crippen LogP contribution in [0.1, 0.15) is 39.8 Å². The Bertz CT molecular complexity index is 3880. The molecule has 0 aromatic heterocycles. The topological polar surface area (TPSA) is 9.72 Å². The molecule has 4 aliphatic rings. The maximum atomic E-state index is 2.69. The van der Waals surface area contributed by atoms with Crippen LogP contribution in [0.15, 0.2) is 255 Å². The van der Waals surface area contributed by atoms with Crippen LogP contribution in [0, 0.1) is 0 Å². The SMILES string of the molecule is c1ccc(-c2ccc3c(c2)B2c4ccc5cc4N(c4cccc(c4)C(c4ccccc4)(c4ccccc4)c4cccc(c4)N5c4cccc5ccccc45)c4c5c(cc(c42)N3c2ccccc2)CCC5)cc1. The molecule has 0 saturated carbocycles. The van der Waals surface area contributed by atoms with Crippen molar-refractivity contribution in [3.8, 4) is 11.1 Å². The molecule has 0 N–H and O–H groups in total. The molecule has 0 radical (unpaired) electrons. The summed E-state index contributed by atoms with van der Waals surface area (Å²) in [5.74, 6) is 0. The van der Waals surface area contributed by atoms with Crippen LogP contribution in [0.5, 0.6) is 0 Å². The van der Waals surface area contributed by atoms with Gasteiger partial charge in [0.15, 0.2) is 0 Å². The van der Waals surface area contributed by atoms with Crippen LogP contribution in [-0.4, -0.2) is 6.71 Å². The van der Waals surface area contributed by atoms with Crippen LogP contribution >= 0.6 is 0 Å². The van der Waals surface area contributed by atoms with E-state index in [1.807, 2.05) is 0 Å². The summed E-state index contributed by atoms with van der Waals surface area (Å²) in [7, 11) is 0. The van der Waals surface area contributed by atoms with Gasteiger partial charge in [0.2, 0.25) is 0 Å². The summed E-state index contributed by atoms with van der Waals surface area (Å²) in [6.07, 6.45) is 3.21. The third-order valence-electron chi connectivity index (χ3n) is 16.2. The van der Waals surface area contributed by atoms with Crippen molar-refractivity contribution in [2.24, 2.45) is 0 Å². The Morgan fingerprint density at radius 3 is 1.68 bits per heavy atom. The molecule has 1 aliphatic carbocycles. The van der Waals surface area contributed by atoms with Crippen LogP contribution in [0.3, 0.4) is 0 Å². The van der Waals surface area contributed by atoms with Crippen LogP contribution < -0.4 is 31.1 Å². The molecular formula is C68H48BN3. The van der Waals surface area contributed by atoms with Crippen molar-refractivity contribution >= 4 is 85.1 Å². The quantitative estimate of drug-likeness (QED) is 0.159. The predicted octanol–water partition coefficient (Wildman–Crippen LogP) is 15.2. The second-order valence-electron chi connectivity index (χ2n) is 19.9. The molecule has 338 valence electrons. The van der Waals surface area contributed by atoms with Gasteiger partial charge in [-0.15, -0.1) is 0 Å². The van der Waals surface area contributed by atoms with E-state index in [2.05, 4.69) is 269 Å². The highest BCUT2D eigenvalue weighted by atomic mass is 15.2. The van der Waals surface area contributed by atoms with E-state index < -0.39 is 5.41 Å². The number of aryl methyl sites for hydroxylation is 1. The number of para-hydroxylation sites is 1. The largest absolute Gasteiger partial charge is 0.311 e. The first-order valence-corrected chi connectivity index (χ1v) is 25.5. The summed E-state index contributed by atoms with van der Waals surface area (Å²) < 4.78 is 0. The number of benzene rings is 11. The second-order valence-corrected chi connectivity index (χ2v) is 19.9. The highest BCUT2D eigenvalue weighted by molar-refractivity contribution is 7.00. The molecule has 0 unspecified atom stereocenters. The van der Waals surface area contributed by atoms with Gasteiger partial charge in [-0.3, -0.25) is 0 Å². The highest BCUT2D eigenvalue weighted by Crippen LogP contribution is 2.53. The average Bonchev–Trinajstić information content (AvgIpc) is 3.93. The highest BCUT2D eigenvalue weighted by Gasteiger charge is 2.47. The van der Waals surface area contributed by atoms with Crippen molar-refractivity contribution in [3.63, 3.8) is 0 Å². The minimum absolute atomic E-state index is 0.0297. The first kappa shape index (κ1) is 41.0. The summed E-state index contributed by atoms with van der Waals surface area (Å²) >= 11 is 0. The molecule has 4 heteroatoms. The third kappa shape index (κ3) is 5.99. The molecule has 6 bridgehead atoms. The van der Waals surface area contributed by atoms with E-state index in [9.17, 15) is 0 Å². The van der Waals surface area contributed by atoms with Crippen LogP contribution in [0.25, 0.3) is 21.9 Å². The molecule has 0 amide bonds. The van der Waals surface area contributed by atoms with Gasteiger partial charge < -0.3 is 14.7 Å². The summed E-state index contributed by atoms with van der Waals surface area (Å²) in [4.78, 5) is 7.78. The fourth-order valence-electron chi connectivity index (χ4n) is 13.2. The van der Waals surface area contributed by atoms with Crippen molar-refractivity contribution in [1.29, 1.82) is 0 Å². The number of anilines is 9. The van der Waals surface area contributed by atoms with Gasteiger partial charge in [-0.2, -0.15) is 0 Å². The minimum Gasteiger partial charge on any atom is -0.311 e. The molecule has 3 nitrogen and oxygen atoms in total. The maximum Gasteiger partial charge on any atom is 0.252 e. The Kier molecular flexibility index (Phi) is 9.16. The first-order chi connectivity index (χ1) is 35.7. The zero-order valence-electron chi connectivity index (χ0n) is 39.8. The van der Waals surface area contributed by atoms with Crippen molar-refractivity contribution < 1.29 is 0 Å². The van der Waals surface area contributed by atoms with Crippen LogP contribution in [0.4, 0.5) is 51.2 Å². The molecule has 0 saturated heterocycles. The summed E-state index contributed by atoms with van der Waals surface area (Å²) in [5.41, 5.74) is 24.3. The van der Waals surface area contributed by atoms with Crippen LogP contribution in [0.2, 0.25) is 0 Å². The molecule has 0 atom stereocenters. The number of fused-ring (bicyclic) bond motifs is 13. The van der Waals surface area contributed by atoms with E-state index >= 15 is 0 Å². The Balaban J connectivity index is 1.10. The second kappa shape index (κ2) is 16.1. The molecule has 3 heterocycles. The van der Waals surface area contributed by atoms with Gasteiger partial charge in [0.1, 0.15) is 0 Å². The predicted molar refractivity (Wildman–Crippen MR) is 302 cm³/mol. The van der Waals surface area contributed by atoms with Crippen LogP contribution in [-0.2, 0) is 18.3 Å². The minimum atomic E-state index is -0.679. The van der Waals surface area contributed by atoms with Gasteiger partial charge in [0, 0.05) is 50.9 Å². The molecule has 3 aliphatic heterocycles. The Labute approximate surface area is 421 Å². The molecular weight excluding hydrogens is 870 g/mol. The molecule has 15 rings (SSSR count). The Hall–Kier alpha value is -8.86. The average molecular weight is 918 g/mol. The van der Waals surface area contributed by atoms with E-state index in [1.54, 1.807) is 0 Å². The lowest BCUT2D eigenvalue weighted by Gasteiger charge is -2.46. The zero-order chi connectivity index (χ0) is 47.3. The number of rotatable bonds is 5. The van der Waals surface area contributed by atoms with Crippen molar-refractivity contribution in [3.05, 3.63) is 288 Å². The third-order valence-corrected chi connectivity index (χ3v) is 16.2. The van der Waals surface area contributed by atoms with Gasteiger partial charge in [0.05, 0.1) is 11.1 Å². The fourth-order valence-corrected chi connectivity index (χ4v) is 13.2. The van der Waals surface area contributed by atoms with Crippen molar-refractivity contribution in [2.75, 3.05) is 14.7 Å². The summed E-state index contributed by atoms with van der Waals surface area (Å²) in [6.45, 7) is -0.0297. The normalized spacial score (nSPS) is 14.5. The van der Waals surface area contributed by atoms with Gasteiger partial charge in [0.25, 0.3) is 6.71 Å². The molecule has 0 fully saturated rings. The van der Waals surface area contributed by atoms with Gasteiger partial charge >= 0.3 is 0 Å². The maximum absolute atomic E-state index is 2.69. The van der Waals surface area contributed by atoms with Gasteiger partial charge in [-0.25, -0.2) is 0 Å². The first-order valence-electron chi connectivity index (χ1n) is 25.5. The summed E-state index contributed by atoms with van der Waals surface area (Å²) in [5, 5.41) is 2.42. The van der Waals surface area contributed by atoms with E-state index in [0.717, 1.165) is 42.0 Å². The van der Waals surface area contributed by atoms with Gasteiger partial charge in [-0.1, -0.05) is 188 Å². The van der Waals surface area contributed by atoms with E-state index in [0.29, 0.717) is 0 Å². The van der Waals surface area contributed by atoms with Crippen molar-refractivity contribution in [1.82, 2.24) is 0 Å². The lowest BCUT2D eigenvalue weighted by atomic mass is 9.33. The van der Waals surface area contributed by atoms with Crippen molar-refractivity contribution in [2.45, 2.75) is 24.7 Å². The van der Waals surface area contributed by atoms with E-state index in [-0.39, 0.29) is 6.71 Å². The van der Waals surface area contributed by atoms with E-state index in [1.165, 1.54) is 100 Å².